The van der Waals surface area contributed by atoms with Crippen LogP contribution in [-0.2, 0) is 16.6 Å². The Bertz CT molecular complexity index is 1020. The zero-order valence-corrected chi connectivity index (χ0v) is 18.1. The van der Waals surface area contributed by atoms with Gasteiger partial charge in [0.25, 0.3) is 0 Å². The first-order valence-electron chi connectivity index (χ1n) is 9.26. The van der Waals surface area contributed by atoms with Crippen LogP contribution in [0.25, 0.3) is 16.5 Å². The summed E-state index contributed by atoms with van der Waals surface area (Å²) in [5, 5.41) is 2.17. The smallest absolute Gasteiger partial charge is 0.242 e. The minimum atomic E-state index is -0.111. The minimum Gasteiger partial charge on any atom is -0.299 e. The van der Waals surface area contributed by atoms with Gasteiger partial charge < -0.3 is 0 Å². The molecule has 0 aromatic heterocycles. The van der Waals surface area contributed by atoms with E-state index in [9.17, 15) is 4.79 Å². The van der Waals surface area contributed by atoms with E-state index in [2.05, 4.69) is 66.3 Å². The van der Waals surface area contributed by atoms with Crippen molar-refractivity contribution in [3.8, 4) is 0 Å². The number of amides is 1. The van der Waals surface area contributed by atoms with Crippen LogP contribution in [0.5, 0.6) is 0 Å². The second-order valence-corrected chi connectivity index (χ2v) is 8.76. The number of halogens is 1. The van der Waals surface area contributed by atoms with E-state index in [1.807, 2.05) is 48.5 Å². The average molecular weight is 437 g/mol. The van der Waals surface area contributed by atoms with Gasteiger partial charge in [-0.15, -0.1) is 0 Å². The lowest BCUT2D eigenvalue weighted by atomic mass is 9.86. The number of carbonyl (C=O) groups is 1. The molecule has 0 aliphatic carbocycles. The number of fused-ring (bicyclic) bond motifs is 1. The van der Waals surface area contributed by atoms with E-state index in [1.165, 1.54) is 5.56 Å². The predicted octanol–water partition coefficient (Wildman–Crippen LogP) is 5.73. The van der Waals surface area contributed by atoms with Crippen LogP contribution < -0.4 is 10.9 Å². The third-order valence-corrected chi connectivity index (χ3v) is 5.46. The maximum atomic E-state index is 12.4. The van der Waals surface area contributed by atoms with E-state index in [1.54, 1.807) is 0 Å². The molecule has 28 heavy (non-hydrogen) atoms. The van der Waals surface area contributed by atoms with Gasteiger partial charge in [-0.25, -0.2) is 0 Å². The van der Waals surface area contributed by atoms with Gasteiger partial charge in [-0.05, 0) is 38.9 Å². The van der Waals surface area contributed by atoms with Crippen molar-refractivity contribution in [3.05, 3.63) is 88.4 Å². The second kappa shape index (κ2) is 8.19. The Morgan fingerprint density at radius 2 is 1.57 bits per heavy atom. The summed E-state index contributed by atoms with van der Waals surface area (Å²) in [5.74, 6) is -0.111. The Labute approximate surface area is 174 Å². The summed E-state index contributed by atoms with van der Waals surface area (Å²) in [7, 11) is 0. The molecule has 3 aromatic rings. The summed E-state index contributed by atoms with van der Waals surface area (Å²) in [4.78, 5) is 12.4. The maximum Gasteiger partial charge on any atom is 0.242 e. The van der Waals surface area contributed by atoms with Crippen LogP contribution in [0.4, 0.5) is 0 Å². The van der Waals surface area contributed by atoms with Gasteiger partial charge >= 0.3 is 0 Å². The molecule has 2 N–H and O–H groups in total. The molecule has 0 atom stereocenters. The molecular formula is C24H25BrN2O. The quantitative estimate of drug-likeness (QED) is 0.501. The summed E-state index contributed by atoms with van der Waals surface area (Å²) in [6.07, 6.45) is 0.289. The van der Waals surface area contributed by atoms with Crippen LogP contribution in [0.2, 0.25) is 0 Å². The number of hydrogen-bond acceptors (Lipinski definition) is 2. The van der Waals surface area contributed by atoms with E-state index in [4.69, 9.17) is 0 Å². The lowest BCUT2D eigenvalue weighted by molar-refractivity contribution is -0.121. The summed E-state index contributed by atoms with van der Waals surface area (Å²) in [5.41, 5.74) is 9.64. The molecule has 0 saturated heterocycles. The third kappa shape index (κ3) is 4.63. The first kappa shape index (κ1) is 20.2. The Hall–Kier alpha value is -2.59. The summed E-state index contributed by atoms with van der Waals surface area (Å²) < 4.78 is 1.03. The van der Waals surface area contributed by atoms with E-state index in [0.29, 0.717) is 5.70 Å². The van der Waals surface area contributed by atoms with Crippen molar-refractivity contribution in [3.63, 3.8) is 0 Å². The summed E-state index contributed by atoms with van der Waals surface area (Å²) in [6.45, 7) is 10.6. The van der Waals surface area contributed by atoms with Gasteiger partial charge in [0.1, 0.15) is 0 Å². The Kier molecular flexibility index (Phi) is 5.90. The van der Waals surface area contributed by atoms with Crippen LogP contribution >= 0.6 is 15.9 Å². The standard InChI is InChI=1S/C24H25BrN2O/c1-16(17-9-12-19(13-10-17)24(2,3)4)26-27-23(28)15-18-11-14-22(25)21-8-6-5-7-20(18)21/h5-14,26H,1,15H2,2-4H3,(H,27,28). The van der Waals surface area contributed by atoms with Crippen molar-refractivity contribution < 1.29 is 4.79 Å². The number of nitrogens with one attached hydrogen (secondary N) is 2. The SMILES string of the molecule is C=C(NNC(=O)Cc1ccc(Br)c2ccccc12)c1ccc(C(C)(C)C)cc1. The maximum absolute atomic E-state index is 12.4. The number of rotatable bonds is 5. The lowest BCUT2D eigenvalue weighted by Crippen LogP contribution is -2.36. The molecule has 0 unspecified atom stereocenters. The van der Waals surface area contributed by atoms with Crippen LogP contribution in [-0.4, -0.2) is 5.91 Å². The topological polar surface area (TPSA) is 41.1 Å². The normalized spacial score (nSPS) is 11.3. The highest BCUT2D eigenvalue weighted by Crippen LogP contribution is 2.27. The van der Waals surface area contributed by atoms with Crippen LogP contribution in [0.1, 0.15) is 37.5 Å². The highest BCUT2D eigenvalue weighted by atomic mass is 79.9. The van der Waals surface area contributed by atoms with Gasteiger partial charge in [-0.3, -0.25) is 15.6 Å². The molecule has 0 saturated carbocycles. The number of hydrogen-bond donors (Lipinski definition) is 2. The molecule has 0 heterocycles. The second-order valence-electron chi connectivity index (χ2n) is 7.91. The van der Waals surface area contributed by atoms with Gasteiger partial charge in [0.05, 0.1) is 12.1 Å². The van der Waals surface area contributed by atoms with Crippen molar-refractivity contribution >= 4 is 38.3 Å². The Morgan fingerprint density at radius 1 is 0.929 bits per heavy atom. The van der Waals surface area contributed by atoms with E-state index in [0.717, 1.165) is 26.4 Å². The zero-order chi connectivity index (χ0) is 20.3. The fraction of sp³-hybridized carbons (Fsp3) is 0.208. The molecule has 144 valence electrons. The zero-order valence-electron chi connectivity index (χ0n) is 16.5. The number of hydrazine groups is 1. The van der Waals surface area contributed by atoms with Gasteiger partial charge in [-0.2, -0.15) is 0 Å². The fourth-order valence-electron chi connectivity index (χ4n) is 3.08. The van der Waals surface area contributed by atoms with Gasteiger partial charge in [0.2, 0.25) is 5.91 Å². The molecule has 0 radical (unpaired) electrons. The van der Waals surface area contributed by atoms with Crippen molar-refractivity contribution in [2.24, 2.45) is 0 Å². The average Bonchev–Trinajstić information content (AvgIpc) is 2.68. The molecule has 0 aliphatic heterocycles. The largest absolute Gasteiger partial charge is 0.299 e. The van der Waals surface area contributed by atoms with Crippen molar-refractivity contribution in [2.75, 3.05) is 0 Å². The molecule has 0 aliphatic rings. The van der Waals surface area contributed by atoms with Crippen LogP contribution in [0.3, 0.4) is 0 Å². The van der Waals surface area contributed by atoms with E-state index < -0.39 is 0 Å². The molecule has 0 spiro atoms. The molecule has 4 heteroatoms. The minimum absolute atomic E-state index is 0.106. The summed E-state index contributed by atoms with van der Waals surface area (Å²) in [6, 6.07) is 20.2. The molecule has 3 rings (SSSR count). The summed E-state index contributed by atoms with van der Waals surface area (Å²) >= 11 is 3.57. The monoisotopic (exact) mass is 436 g/mol. The van der Waals surface area contributed by atoms with Crippen molar-refractivity contribution in [1.29, 1.82) is 0 Å². The van der Waals surface area contributed by atoms with Crippen molar-refractivity contribution in [1.82, 2.24) is 10.9 Å². The van der Waals surface area contributed by atoms with Crippen LogP contribution in [0.15, 0.2) is 71.7 Å². The van der Waals surface area contributed by atoms with Gasteiger partial charge in [0.15, 0.2) is 0 Å². The highest BCUT2D eigenvalue weighted by molar-refractivity contribution is 9.10. The molecular weight excluding hydrogens is 412 g/mol. The predicted molar refractivity (Wildman–Crippen MR) is 121 cm³/mol. The number of carbonyl (C=O) groups excluding carboxylic acids is 1. The molecule has 1 amide bonds. The third-order valence-electron chi connectivity index (χ3n) is 4.76. The first-order valence-corrected chi connectivity index (χ1v) is 10.1. The van der Waals surface area contributed by atoms with Gasteiger partial charge in [0, 0.05) is 4.47 Å². The highest BCUT2D eigenvalue weighted by Gasteiger charge is 2.13. The van der Waals surface area contributed by atoms with E-state index >= 15 is 0 Å². The lowest BCUT2D eigenvalue weighted by Gasteiger charge is -2.19. The van der Waals surface area contributed by atoms with Crippen LogP contribution in [0, 0.1) is 0 Å². The molecule has 0 bridgehead atoms. The van der Waals surface area contributed by atoms with Gasteiger partial charge in [-0.1, -0.05) is 97.9 Å². The van der Waals surface area contributed by atoms with E-state index in [-0.39, 0.29) is 17.7 Å². The Morgan fingerprint density at radius 3 is 2.21 bits per heavy atom. The molecule has 0 fully saturated rings. The first-order chi connectivity index (χ1) is 13.3. The fourth-order valence-corrected chi connectivity index (χ4v) is 3.56. The Balaban J connectivity index is 1.63. The molecule has 3 nitrogen and oxygen atoms in total. The number of benzene rings is 3. The van der Waals surface area contributed by atoms with Crippen molar-refractivity contribution in [2.45, 2.75) is 32.6 Å². The molecule has 3 aromatic carbocycles.